The van der Waals surface area contributed by atoms with Gasteiger partial charge in [-0.25, -0.2) is 4.57 Å². The minimum absolute atomic E-state index is 0.229. The van der Waals surface area contributed by atoms with E-state index in [1.807, 2.05) is 0 Å². The largest absolute Gasteiger partial charge is 0.475 e. The first-order chi connectivity index (χ1) is 12.4. The molecule has 152 valence electrons. The Bertz CT molecular complexity index is 398. The van der Waals surface area contributed by atoms with Gasteiger partial charge >= 0.3 is 7.82 Å². The molecule has 0 aromatic heterocycles. The number of rotatable bonds is 6. The summed E-state index contributed by atoms with van der Waals surface area (Å²) in [4.78, 5) is 0. The standard InChI is InChI=1S/C18H33O7P/c19-13-1-7-16(8-2-13)23-26(22,24-17-9-3-14(20)4-10-17)25-18-11-5-15(21)6-12-18/h13-21H,1-12H2. The molecule has 3 N–H and O–H groups in total. The van der Waals surface area contributed by atoms with Crippen LogP contribution in [0.1, 0.15) is 77.0 Å². The minimum atomic E-state index is -3.73. The average molecular weight is 392 g/mol. The van der Waals surface area contributed by atoms with E-state index in [2.05, 4.69) is 0 Å². The Kier molecular flexibility index (Phi) is 7.54. The van der Waals surface area contributed by atoms with Crippen molar-refractivity contribution in [3.8, 4) is 0 Å². The second-order valence-corrected chi connectivity index (χ2v) is 9.58. The van der Waals surface area contributed by atoms with E-state index in [0.717, 1.165) is 0 Å². The summed E-state index contributed by atoms with van der Waals surface area (Å²) in [5, 5.41) is 29.0. The molecule has 0 aromatic carbocycles. The van der Waals surface area contributed by atoms with Gasteiger partial charge in [-0.05, 0) is 77.0 Å². The van der Waals surface area contributed by atoms with Crippen LogP contribution in [0, 0.1) is 0 Å². The molecule has 0 amide bonds. The molecule has 26 heavy (non-hydrogen) atoms. The van der Waals surface area contributed by atoms with E-state index in [9.17, 15) is 19.9 Å². The molecule has 7 nitrogen and oxygen atoms in total. The van der Waals surface area contributed by atoms with Crippen molar-refractivity contribution >= 4 is 7.82 Å². The number of aliphatic hydroxyl groups excluding tert-OH is 3. The lowest BCUT2D eigenvalue weighted by Crippen LogP contribution is -2.29. The smallest absolute Gasteiger partial charge is 0.393 e. The summed E-state index contributed by atoms with van der Waals surface area (Å²) < 4.78 is 31.0. The molecule has 3 aliphatic carbocycles. The molecule has 3 fully saturated rings. The van der Waals surface area contributed by atoms with Gasteiger partial charge in [-0.3, -0.25) is 13.6 Å². The highest BCUT2D eigenvalue weighted by Gasteiger charge is 2.39. The van der Waals surface area contributed by atoms with Gasteiger partial charge in [0.2, 0.25) is 0 Å². The number of hydrogen-bond donors (Lipinski definition) is 3. The maximum atomic E-state index is 13.4. The molecule has 0 spiro atoms. The van der Waals surface area contributed by atoms with Crippen LogP contribution in [0.25, 0.3) is 0 Å². The highest BCUT2D eigenvalue weighted by atomic mass is 31.2. The molecule has 0 radical (unpaired) electrons. The second kappa shape index (κ2) is 9.46. The van der Waals surface area contributed by atoms with E-state index in [-0.39, 0.29) is 36.6 Å². The minimum Gasteiger partial charge on any atom is -0.393 e. The van der Waals surface area contributed by atoms with Crippen molar-refractivity contribution in [3.05, 3.63) is 0 Å². The zero-order valence-corrected chi connectivity index (χ0v) is 16.3. The van der Waals surface area contributed by atoms with Crippen LogP contribution < -0.4 is 0 Å². The fourth-order valence-corrected chi connectivity index (χ4v) is 5.95. The van der Waals surface area contributed by atoms with E-state index in [1.165, 1.54) is 0 Å². The van der Waals surface area contributed by atoms with E-state index < -0.39 is 7.82 Å². The Morgan fingerprint density at radius 3 is 0.962 bits per heavy atom. The first kappa shape index (κ1) is 20.7. The molecule has 3 aliphatic rings. The fourth-order valence-electron chi connectivity index (χ4n) is 4.07. The second-order valence-electron chi connectivity index (χ2n) is 8.06. The van der Waals surface area contributed by atoms with Gasteiger partial charge in [0.1, 0.15) is 0 Å². The third kappa shape index (κ3) is 6.26. The number of phosphoric acid groups is 1. The normalized spacial score (nSPS) is 41.5. The van der Waals surface area contributed by atoms with Gasteiger partial charge in [0.05, 0.1) is 36.6 Å². The van der Waals surface area contributed by atoms with Crippen LogP contribution in [-0.4, -0.2) is 51.9 Å². The predicted octanol–water partition coefficient (Wildman–Crippen LogP) is 3.05. The maximum Gasteiger partial charge on any atom is 0.475 e. The van der Waals surface area contributed by atoms with Crippen molar-refractivity contribution in [2.75, 3.05) is 0 Å². The predicted molar refractivity (Wildman–Crippen MR) is 95.6 cm³/mol. The lowest BCUT2D eigenvalue weighted by molar-refractivity contribution is -0.0214. The van der Waals surface area contributed by atoms with Crippen molar-refractivity contribution in [2.45, 2.75) is 114 Å². The fraction of sp³-hybridized carbons (Fsp3) is 1.00. The van der Waals surface area contributed by atoms with Crippen molar-refractivity contribution in [1.29, 1.82) is 0 Å². The Hall–Kier alpha value is -0.0100. The lowest BCUT2D eigenvalue weighted by atomic mass is 9.95. The Labute approximate surface area is 155 Å². The van der Waals surface area contributed by atoms with Crippen molar-refractivity contribution in [3.63, 3.8) is 0 Å². The van der Waals surface area contributed by atoms with Crippen LogP contribution in [0.2, 0.25) is 0 Å². The topological polar surface area (TPSA) is 105 Å². The molecular weight excluding hydrogens is 359 g/mol. The van der Waals surface area contributed by atoms with Crippen molar-refractivity contribution in [1.82, 2.24) is 0 Å². The molecule has 0 saturated heterocycles. The van der Waals surface area contributed by atoms with Gasteiger partial charge < -0.3 is 15.3 Å². The van der Waals surface area contributed by atoms with Crippen LogP contribution in [0.5, 0.6) is 0 Å². The van der Waals surface area contributed by atoms with Gasteiger partial charge in [0, 0.05) is 0 Å². The summed E-state index contributed by atoms with van der Waals surface area (Å²) >= 11 is 0. The molecule has 0 aliphatic heterocycles. The zero-order valence-electron chi connectivity index (χ0n) is 15.4. The van der Waals surface area contributed by atoms with E-state index in [1.54, 1.807) is 0 Å². The highest BCUT2D eigenvalue weighted by Crippen LogP contribution is 2.56. The van der Waals surface area contributed by atoms with E-state index in [4.69, 9.17) is 13.6 Å². The van der Waals surface area contributed by atoms with Crippen LogP contribution in [-0.2, 0) is 18.1 Å². The summed E-state index contributed by atoms with van der Waals surface area (Å²) in [6, 6.07) is 0. The average Bonchev–Trinajstić information content (AvgIpc) is 2.61. The Morgan fingerprint density at radius 1 is 0.500 bits per heavy atom. The Balaban J connectivity index is 1.60. The van der Waals surface area contributed by atoms with Gasteiger partial charge in [-0.1, -0.05) is 0 Å². The summed E-state index contributed by atoms with van der Waals surface area (Å²) in [6.45, 7) is 0. The van der Waals surface area contributed by atoms with Crippen LogP contribution in [0.3, 0.4) is 0 Å². The summed E-state index contributed by atoms with van der Waals surface area (Å²) in [5.41, 5.74) is 0. The number of aliphatic hydroxyl groups is 3. The third-order valence-electron chi connectivity index (χ3n) is 5.77. The van der Waals surface area contributed by atoms with Crippen LogP contribution >= 0.6 is 7.82 Å². The van der Waals surface area contributed by atoms with E-state index in [0.29, 0.717) is 77.0 Å². The first-order valence-corrected chi connectivity index (χ1v) is 11.6. The molecule has 0 aromatic rings. The number of hydrogen-bond acceptors (Lipinski definition) is 7. The maximum absolute atomic E-state index is 13.4. The summed E-state index contributed by atoms with van der Waals surface area (Å²) in [7, 11) is -3.73. The van der Waals surface area contributed by atoms with Gasteiger partial charge in [0.15, 0.2) is 0 Å². The SMILES string of the molecule is O=P(OC1CCC(O)CC1)(OC1CCC(O)CC1)OC1CCC(O)CC1. The molecule has 0 atom stereocenters. The molecule has 3 rings (SSSR count). The van der Waals surface area contributed by atoms with Gasteiger partial charge in [-0.15, -0.1) is 0 Å². The third-order valence-corrected chi connectivity index (χ3v) is 7.43. The molecule has 0 bridgehead atoms. The molecule has 8 heteroatoms. The monoisotopic (exact) mass is 392 g/mol. The molecule has 0 heterocycles. The molecule has 3 saturated carbocycles. The summed E-state index contributed by atoms with van der Waals surface area (Å²) in [6.07, 6.45) is 6.05. The number of phosphoric ester groups is 1. The van der Waals surface area contributed by atoms with Crippen molar-refractivity contribution in [2.24, 2.45) is 0 Å². The molecular formula is C18H33O7P. The highest BCUT2D eigenvalue weighted by molar-refractivity contribution is 7.48. The Morgan fingerprint density at radius 2 is 0.731 bits per heavy atom. The summed E-state index contributed by atoms with van der Waals surface area (Å²) in [5.74, 6) is 0. The van der Waals surface area contributed by atoms with Gasteiger partial charge in [0.25, 0.3) is 0 Å². The van der Waals surface area contributed by atoms with Crippen LogP contribution in [0.4, 0.5) is 0 Å². The molecule has 0 unspecified atom stereocenters. The van der Waals surface area contributed by atoms with Crippen LogP contribution in [0.15, 0.2) is 0 Å². The van der Waals surface area contributed by atoms with Crippen molar-refractivity contribution < 1.29 is 33.5 Å². The zero-order chi connectivity index (χ0) is 18.6. The van der Waals surface area contributed by atoms with E-state index >= 15 is 0 Å². The quantitative estimate of drug-likeness (QED) is 0.597. The lowest BCUT2D eigenvalue weighted by Gasteiger charge is -2.34. The first-order valence-electron chi connectivity index (χ1n) is 10.1. The van der Waals surface area contributed by atoms with Gasteiger partial charge in [-0.2, -0.15) is 0 Å².